The molecule has 13 heavy (non-hydrogen) atoms. The number of thioether (sulfide) groups is 2. The molecule has 74 valence electrons. The Bertz CT molecular complexity index is 211. The fourth-order valence-corrected chi connectivity index (χ4v) is 3.02. The third kappa shape index (κ3) is 5.44. The van der Waals surface area contributed by atoms with Crippen LogP contribution in [0.4, 0.5) is 0 Å². The second-order valence-corrected chi connectivity index (χ2v) is 5.98. The van der Waals surface area contributed by atoms with E-state index in [1.165, 1.54) is 37.4 Å². The molecule has 0 fully saturated rings. The van der Waals surface area contributed by atoms with Gasteiger partial charge in [-0.2, -0.15) is 0 Å². The van der Waals surface area contributed by atoms with E-state index >= 15 is 0 Å². The Balaban J connectivity index is 4.19. The highest BCUT2D eigenvalue weighted by molar-refractivity contribution is 8.47. The Labute approximate surface area is 92.2 Å². The number of rotatable bonds is 4. The molecule has 0 unspecified atom stereocenters. The largest absolute Gasteiger partial charge is 0.298 e. The van der Waals surface area contributed by atoms with E-state index in [-0.39, 0.29) is 11.6 Å². The summed E-state index contributed by atoms with van der Waals surface area (Å²) in [6.45, 7) is 4.81. The molecular formula is C8H12O2S3. The second kappa shape index (κ2) is 6.56. The molecule has 5 heteroatoms. The van der Waals surface area contributed by atoms with Gasteiger partial charge in [-0.25, -0.2) is 0 Å². The quantitative estimate of drug-likeness (QED) is 0.553. The highest BCUT2D eigenvalue weighted by Gasteiger charge is 2.21. The van der Waals surface area contributed by atoms with Gasteiger partial charge in [0.15, 0.2) is 11.6 Å². The summed E-state index contributed by atoms with van der Waals surface area (Å²) in [6.07, 6.45) is 0. The van der Waals surface area contributed by atoms with E-state index in [4.69, 9.17) is 12.2 Å². The standard InChI is InChI=1S/C8H12O2S3/c1-4-12-8(11)13-7(5(2)9)6(3)10/h7H,4H2,1-3H3. The number of thiocarbonyl (C=S) groups is 1. The molecule has 0 saturated carbocycles. The van der Waals surface area contributed by atoms with Crippen molar-refractivity contribution in [1.82, 2.24) is 0 Å². The first-order valence-corrected chi connectivity index (χ1v) is 6.10. The molecule has 0 heterocycles. The van der Waals surface area contributed by atoms with Gasteiger partial charge in [0, 0.05) is 0 Å². The lowest BCUT2D eigenvalue weighted by Crippen LogP contribution is -2.23. The van der Waals surface area contributed by atoms with Gasteiger partial charge >= 0.3 is 0 Å². The molecule has 0 aromatic heterocycles. The van der Waals surface area contributed by atoms with Gasteiger partial charge < -0.3 is 0 Å². The van der Waals surface area contributed by atoms with E-state index < -0.39 is 5.25 Å². The van der Waals surface area contributed by atoms with Crippen LogP contribution in [0.15, 0.2) is 0 Å². The first-order chi connectivity index (χ1) is 5.99. The Kier molecular flexibility index (Phi) is 6.63. The van der Waals surface area contributed by atoms with Gasteiger partial charge in [0.2, 0.25) is 0 Å². The molecule has 0 N–H and O–H groups in total. The van der Waals surface area contributed by atoms with E-state index in [0.717, 1.165) is 5.75 Å². The fraction of sp³-hybridized carbons (Fsp3) is 0.625. The number of Topliss-reactive ketones (excluding diaryl/α,β-unsaturated/α-hetero) is 2. The molecule has 0 aliphatic rings. The van der Waals surface area contributed by atoms with Crippen molar-refractivity contribution < 1.29 is 9.59 Å². The zero-order valence-electron chi connectivity index (χ0n) is 7.83. The van der Waals surface area contributed by atoms with Crippen LogP contribution < -0.4 is 0 Å². The molecular weight excluding hydrogens is 224 g/mol. The van der Waals surface area contributed by atoms with Crippen LogP contribution >= 0.6 is 35.7 Å². The highest BCUT2D eigenvalue weighted by atomic mass is 32.2. The molecule has 0 aliphatic carbocycles. The van der Waals surface area contributed by atoms with Crippen molar-refractivity contribution in [2.75, 3.05) is 5.75 Å². The maximum absolute atomic E-state index is 11.0. The van der Waals surface area contributed by atoms with Crippen molar-refractivity contribution in [1.29, 1.82) is 0 Å². The topological polar surface area (TPSA) is 34.1 Å². The Morgan fingerprint density at radius 1 is 1.31 bits per heavy atom. The Hall–Kier alpha value is 0.130. The van der Waals surface area contributed by atoms with E-state index in [0.29, 0.717) is 3.53 Å². The predicted octanol–water partition coefficient (Wildman–Crippen LogP) is 2.30. The zero-order chi connectivity index (χ0) is 10.4. The molecule has 2 nitrogen and oxygen atoms in total. The van der Waals surface area contributed by atoms with Gasteiger partial charge in [-0.1, -0.05) is 30.9 Å². The molecule has 0 saturated heterocycles. The van der Waals surface area contributed by atoms with Crippen LogP contribution in [-0.4, -0.2) is 26.1 Å². The van der Waals surface area contributed by atoms with Crippen LogP contribution in [0.1, 0.15) is 20.8 Å². The molecule has 0 spiro atoms. The molecule has 0 rings (SSSR count). The monoisotopic (exact) mass is 236 g/mol. The van der Waals surface area contributed by atoms with E-state index in [1.807, 2.05) is 6.92 Å². The maximum Gasteiger partial charge on any atom is 0.150 e. The van der Waals surface area contributed by atoms with Crippen LogP contribution in [0.25, 0.3) is 0 Å². The van der Waals surface area contributed by atoms with E-state index in [2.05, 4.69) is 0 Å². The predicted molar refractivity (Wildman–Crippen MR) is 63.5 cm³/mol. The van der Waals surface area contributed by atoms with Crippen molar-refractivity contribution in [2.24, 2.45) is 0 Å². The number of ketones is 2. The van der Waals surface area contributed by atoms with Crippen molar-refractivity contribution in [2.45, 2.75) is 26.0 Å². The number of hydrogen-bond acceptors (Lipinski definition) is 5. The van der Waals surface area contributed by atoms with Crippen molar-refractivity contribution >= 4 is 50.8 Å². The minimum atomic E-state index is -0.605. The average molecular weight is 236 g/mol. The molecule has 0 aliphatic heterocycles. The molecule has 0 bridgehead atoms. The third-order valence-electron chi connectivity index (χ3n) is 1.21. The van der Waals surface area contributed by atoms with Crippen molar-refractivity contribution in [3.05, 3.63) is 0 Å². The lowest BCUT2D eigenvalue weighted by atomic mass is 10.2. The summed E-state index contributed by atoms with van der Waals surface area (Å²) in [4.78, 5) is 22.0. The SMILES string of the molecule is CCSC(=S)SC(C(C)=O)C(C)=O. The number of carbonyl (C=O) groups excluding carboxylic acids is 2. The summed E-state index contributed by atoms with van der Waals surface area (Å²) >= 11 is 7.65. The van der Waals surface area contributed by atoms with Gasteiger partial charge in [0.05, 0.1) is 0 Å². The molecule has 0 radical (unpaired) electrons. The Morgan fingerprint density at radius 3 is 2.08 bits per heavy atom. The van der Waals surface area contributed by atoms with Crippen LogP contribution in [0.5, 0.6) is 0 Å². The number of hydrogen-bond donors (Lipinski definition) is 0. The van der Waals surface area contributed by atoms with E-state index in [9.17, 15) is 9.59 Å². The molecule has 0 atom stereocenters. The zero-order valence-corrected chi connectivity index (χ0v) is 10.3. The Morgan fingerprint density at radius 2 is 1.77 bits per heavy atom. The molecule has 0 aromatic carbocycles. The second-order valence-electron chi connectivity index (χ2n) is 2.40. The third-order valence-corrected chi connectivity index (χ3v) is 4.12. The summed E-state index contributed by atoms with van der Waals surface area (Å²) in [7, 11) is 0. The van der Waals surface area contributed by atoms with Crippen LogP contribution in [-0.2, 0) is 9.59 Å². The van der Waals surface area contributed by atoms with Gasteiger partial charge in [-0.05, 0) is 19.6 Å². The fourth-order valence-electron chi connectivity index (χ4n) is 0.700. The summed E-state index contributed by atoms with van der Waals surface area (Å²) in [6, 6.07) is 0. The van der Waals surface area contributed by atoms with Crippen molar-refractivity contribution in [3.8, 4) is 0 Å². The van der Waals surface area contributed by atoms with Crippen molar-refractivity contribution in [3.63, 3.8) is 0 Å². The normalized spacial score (nSPS) is 10.2. The summed E-state index contributed by atoms with van der Waals surface area (Å²) in [5.74, 6) is 0.613. The van der Waals surface area contributed by atoms with Gasteiger partial charge in [0.1, 0.15) is 8.78 Å². The summed E-state index contributed by atoms with van der Waals surface area (Å²) in [5, 5.41) is -0.605. The van der Waals surface area contributed by atoms with Crippen LogP contribution in [0, 0.1) is 0 Å². The highest BCUT2D eigenvalue weighted by Crippen LogP contribution is 2.23. The maximum atomic E-state index is 11.0. The molecule has 0 amide bonds. The lowest BCUT2D eigenvalue weighted by molar-refractivity contribution is -0.123. The van der Waals surface area contributed by atoms with E-state index in [1.54, 1.807) is 0 Å². The van der Waals surface area contributed by atoms with Gasteiger partial charge in [-0.3, -0.25) is 9.59 Å². The van der Waals surface area contributed by atoms with Gasteiger partial charge in [0.25, 0.3) is 0 Å². The van der Waals surface area contributed by atoms with Gasteiger partial charge in [-0.15, -0.1) is 11.8 Å². The van der Waals surface area contributed by atoms with Crippen LogP contribution in [0.3, 0.4) is 0 Å². The average Bonchev–Trinajstić information content (AvgIpc) is 1.99. The first kappa shape index (κ1) is 13.1. The number of carbonyl (C=O) groups is 2. The first-order valence-electron chi connectivity index (χ1n) is 3.83. The minimum Gasteiger partial charge on any atom is -0.298 e. The molecule has 0 aromatic rings. The summed E-state index contributed by atoms with van der Waals surface area (Å²) in [5.41, 5.74) is 0. The summed E-state index contributed by atoms with van der Waals surface area (Å²) < 4.78 is 0.665. The lowest BCUT2D eigenvalue weighted by Gasteiger charge is -2.08. The smallest absolute Gasteiger partial charge is 0.150 e. The van der Waals surface area contributed by atoms with Crippen LogP contribution in [0.2, 0.25) is 0 Å². The minimum absolute atomic E-state index is 0.128.